The first-order valence-electron chi connectivity index (χ1n) is 6.09. The highest BCUT2D eigenvalue weighted by Crippen LogP contribution is 2.22. The Labute approximate surface area is 111 Å². The van der Waals surface area contributed by atoms with Gasteiger partial charge in [0.15, 0.2) is 5.78 Å². The minimum absolute atomic E-state index is 0.0236. The molecule has 1 rings (SSSR count). The van der Waals surface area contributed by atoms with E-state index in [9.17, 15) is 9.18 Å². The van der Waals surface area contributed by atoms with Crippen molar-refractivity contribution in [2.45, 2.75) is 39.5 Å². The normalized spacial score (nSPS) is 12.5. The van der Waals surface area contributed by atoms with Crippen LogP contribution in [0.2, 0.25) is 0 Å². The van der Waals surface area contributed by atoms with Crippen LogP contribution in [-0.4, -0.2) is 5.78 Å². The van der Waals surface area contributed by atoms with Crippen LogP contribution in [0.5, 0.6) is 0 Å². The Kier molecular flexibility index (Phi) is 5.83. The molecule has 0 bridgehead atoms. The molecule has 0 N–H and O–H groups in total. The highest BCUT2D eigenvalue weighted by atomic mass is 79.9. The van der Waals surface area contributed by atoms with Gasteiger partial charge in [0.2, 0.25) is 0 Å². The molecule has 0 amide bonds. The molecule has 1 aromatic carbocycles. The molecule has 0 aliphatic carbocycles. The minimum atomic E-state index is -0.374. The van der Waals surface area contributed by atoms with Gasteiger partial charge in [-0.2, -0.15) is 0 Å². The fraction of sp³-hybridized carbons (Fsp3) is 0.500. The van der Waals surface area contributed by atoms with Crippen molar-refractivity contribution in [2.75, 3.05) is 0 Å². The monoisotopic (exact) mass is 300 g/mol. The van der Waals surface area contributed by atoms with Crippen molar-refractivity contribution in [3.05, 3.63) is 34.1 Å². The molecular formula is C14H18BrFO. The molecule has 0 saturated heterocycles. The van der Waals surface area contributed by atoms with Crippen LogP contribution in [0.3, 0.4) is 0 Å². The number of carbonyl (C=O) groups is 1. The van der Waals surface area contributed by atoms with Gasteiger partial charge in [0.25, 0.3) is 0 Å². The van der Waals surface area contributed by atoms with Gasteiger partial charge in [-0.25, -0.2) is 4.39 Å². The Morgan fingerprint density at radius 3 is 2.65 bits per heavy atom. The van der Waals surface area contributed by atoms with E-state index in [1.54, 1.807) is 12.1 Å². The number of hydrogen-bond donors (Lipinski definition) is 0. The number of unbranched alkanes of at least 4 members (excludes halogenated alkanes) is 1. The van der Waals surface area contributed by atoms with Crippen LogP contribution in [0.15, 0.2) is 22.7 Å². The molecule has 1 aromatic rings. The Hall–Kier alpha value is -0.700. The molecule has 0 radical (unpaired) electrons. The molecule has 0 aliphatic heterocycles. The van der Waals surface area contributed by atoms with Crippen LogP contribution in [0.4, 0.5) is 4.39 Å². The largest absolute Gasteiger partial charge is 0.294 e. The fourth-order valence-electron chi connectivity index (χ4n) is 1.86. The number of ketones is 1. The van der Waals surface area contributed by atoms with Crippen molar-refractivity contribution in [1.82, 2.24) is 0 Å². The minimum Gasteiger partial charge on any atom is -0.294 e. The molecule has 94 valence electrons. The van der Waals surface area contributed by atoms with Gasteiger partial charge < -0.3 is 0 Å². The molecule has 17 heavy (non-hydrogen) atoms. The Balaban J connectivity index is 2.82. The summed E-state index contributed by atoms with van der Waals surface area (Å²) in [7, 11) is 0. The van der Waals surface area contributed by atoms with Crippen molar-refractivity contribution in [3.8, 4) is 0 Å². The lowest BCUT2D eigenvalue weighted by Gasteiger charge is -2.13. The van der Waals surface area contributed by atoms with E-state index in [1.807, 2.05) is 6.92 Å². The molecule has 1 atom stereocenters. The summed E-state index contributed by atoms with van der Waals surface area (Å²) < 4.78 is 13.8. The lowest BCUT2D eigenvalue weighted by Crippen LogP contribution is -2.14. The lowest BCUT2D eigenvalue weighted by atomic mass is 9.91. The molecule has 1 unspecified atom stereocenters. The van der Waals surface area contributed by atoms with E-state index in [0.717, 1.165) is 25.7 Å². The van der Waals surface area contributed by atoms with Crippen LogP contribution in [0.1, 0.15) is 49.9 Å². The van der Waals surface area contributed by atoms with Gasteiger partial charge in [-0.05, 0) is 40.9 Å². The van der Waals surface area contributed by atoms with Gasteiger partial charge in [0.05, 0.1) is 4.47 Å². The zero-order valence-electron chi connectivity index (χ0n) is 10.3. The number of carbonyl (C=O) groups excluding carboxylic acids is 1. The first kappa shape index (κ1) is 14.4. The number of hydrogen-bond acceptors (Lipinski definition) is 1. The zero-order chi connectivity index (χ0) is 12.8. The first-order valence-corrected chi connectivity index (χ1v) is 6.88. The van der Waals surface area contributed by atoms with E-state index in [1.165, 1.54) is 6.07 Å². The number of rotatable bonds is 6. The van der Waals surface area contributed by atoms with Crippen molar-refractivity contribution in [3.63, 3.8) is 0 Å². The summed E-state index contributed by atoms with van der Waals surface area (Å²) >= 11 is 3.09. The summed E-state index contributed by atoms with van der Waals surface area (Å²) in [6.45, 7) is 4.12. The van der Waals surface area contributed by atoms with Crippen molar-refractivity contribution >= 4 is 21.7 Å². The third kappa shape index (κ3) is 3.91. The maximum absolute atomic E-state index is 13.4. The van der Waals surface area contributed by atoms with E-state index in [0.29, 0.717) is 10.0 Å². The average molecular weight is 301 g/mol. The highest BCUT2D eigenvalue weighted by Gasteiger charge is 2.18. The standard InChI is InChI=1S/C14H18BrFO/c1-3-5-6-10(4-2)14(17)11-7-8-12(15)13(16)9-11/h7-10H,3-6H2,1-2H3. The van der Waals surface area contributed by atoms with E-state index < -0.39 is 0 Å². The van der Waals surface area contributed by atoms with Crippen molar-refractivity contribution in [2.24, 2.45) is 5.92 Å². The number of benzene rings is 1. The molecule has 1 nitrogen and oxygen atoms in total. The quantitative estimate of drug-likeness (QED) is 0.677. The molecule has 0 fully saturated rings. The van der Waals surface area contributed by atoms with Crippen molar-refractivity contribution in [1.29, 1.82) is 0 Å². The van der Waals surface area contributed by atoms with Crippen LogP contribution in [-0.2, 0) is 0 Å². The molecule has 0 aliphatic rings. The van der Waals surface area contributed by atoms with E-state index in [-0.39, 0.29) is 17.5 Å². The zero-order valence-corrected chi connectivity index (χ0v) is 11.9. The van der Waals surface area contributed by atoms with Crippen LogP contribution < -0.4 is 0 Å². The van der Waals surface area contributed by atoms with Crippen LogP contribution in [0, 0.1) is 11.7 Å². The summed E-state index contributed by atoms with van der Waals surface area (Å²) in [5.74, 6) is -0.288. The van der Waals surface area contributed by atoms with Gasteiger partial charge in [0.1, 0.15) is 5.82 Å². The third-order valence-corrected chi connectivity index (χ3v) is 3.62. The second-order valence-corrected chi connectivity index (χ2v) is 5.09. The molecule has 0 saturated carbocycles. The Morgan fingerprint density at radius 2 is 2.12 bits per heavy atom. The molecule has 3 heteroatoms. The van der Waals surface area contributed by atoms with Crippen LogP contribution in [0.25, 0.3) is 0 Å². The lowest BCUT2D eigenvalue weighted by molar-refractivity contribution is 0.0907. The Bertz CT molecular complexity index is 390. The van der Waals surface area contributed by atoms with Gasteiger partial charge in [-0.15, -0.1) is 0 Å². The number of halogens is 2. The van der Waals surface area contributed by atoms with E-state index >= 15 is 0 Å². The van der Waals surface area contributed by atoms with E-state index in [2.05, 4.69) is 22.9 Å². The van der Waals surface area contributed by atoms with Gasteiger partial charge in [-0.3, -0.25) is 4.79 Å². The topological polar surface area (TPSA) is 17.1 Å². The highest BCUT2D eigenvalue weighted by molar-refractivity contribution is 9.10. The second-order valence-electron chi connectivity index (χ2n) is 4.24. The first-order chi connectivity index (χ1) is 8.10. The predicted octanol–water partition coefficient (Wildman–Crippen LogP) is 4.99. The van der Waals surface area contributed by atoms with Crippen LogP contribution >= 0.6 is 15.9 Å². The van der Waals surface area contributed by atoms with Gasteiger partial charge in [-0.1, -0.05) is 32.8 Å². The third-order valence-electron chi connectivity index (χ3n) is 2.97. The summed E-state index contributed by atoms with van der Waals surface area (Å²) in [5, 5.41) is 0. The molecule has 0 heterocycles. The second kappa shape index (κ2) is 6.90. The smallest absolute Gasteiger partial charge is 0.166 e. The predicted molar refractivity (Wildman–Crippen MR) is 71.7 cm³/mol. The van der Waals surface area contributed by atoms with E-state index in [4.69, 9.17) is 0 Å². The maximum Gasteiger partial charge on any atom is 0.166 e. The summed E-state index contributed by atoms with van der Waals surface area (Å²) in [6.07, 6.45) is 3.84. The SMILES string of the molecule is CCCCC(CC)C(=O)c1ccc(Br)c(F)c1. The number of Topliss-reactive ketones (excluding diaryl/α,β-unsaturated/α-hetero) is 1. The van der Waals surface area contributed by atoms with Crippen molar-refractivity contribution < 1.29 is 9.18 Å². The Morgan fingerprint density at radius 1 is 1.41 bits per heavy atom. The average Bonchev–Trinajstić information content (AvgIpc) is 2.33. The summed E-state index contributed by atoms with van der Waals surface area (Å²) in [6, 6.07) is 4.60. The summed E-state index contributed by atoms with van der Waals surface area (Å²) in [5.41, 5.74) is 0.480. The fourth-order valence-corrected chi connectivity index (χ4v) is 2.10. The molecular weight excluding hydrogens is 283 g/mol. The summed E-state index contributed by atoms with van der Waals surface area (Å²) in [4.78, 5) is 12.2. The van der Waals surface area contributed by atoms with Gasteiger partial charge in [0, 0.05) is 11.5 Å². The molecule has 0 aromatic heterocycles. The van der Waals surface area contributed by atoms with Gasteiger partial charge >= 0.3 is 0 Å². The molecule has 0 spiro atoms. The maximum atomic E-state index is 13.4.